The van der Waals surface area contributed by atoms with Crippen molar-refractivity contribution in [2.24, 2.45) is 11.8 Å². The number of hydrogen-bond acceptors (Lipinski definition) is 4. The zero-order valence-corrected chi connectivity index (χ0v) is 17.1. The van der Waals surface area contributed by atoms with E-state index in [0.717, 1.165) is 23.0 Å². The van der Waals surface area contributed by atoms with Gasteiger partial charge in [-0.3, -0.25) is 9.59 Å². The van der Waals surface area contributed by atoms with Crippen LogP contribution in [0.4, 0.5) is 0 Å². The normalized spacial score (nSPS) is 37.1. The third-order valence-electron chi connectivity index (χ3n) is 7.22. The fourth-order valence-corrected chi connectivity index (χ4v) is 8.37. The molecule has 4 bridgehead atoms. The van der Waals surface area contributed by atoms with Gasteiger partial charge in [0.2, 0.25) is 11.8 Å². The number of carbonyl (C=O) groups excluding carboxylic acids is 2. The minimum Gasteiger partial charge on any atom is -0.335 e. The van der Waals surface area contributed by atoms with Crippen LogP contribution in [0.1, 0.15) is 51.4 Å². The molecule has 6 heteroatoms. The van der Waals surface area contributed by atoms with Gasteiger partial charge in [-0.2, -0.15) is 23.5 Å². The van der Waals surface area contributed by atoms with Crippen molar-refractivity contribution in [3.63, 3.8) is 0 Å². The van der Waals surface area contributed by atoms with Crippen LogP contribution in [0.2, 0.25) is 0 Å². The molecule has 4 atom stereocenters. The van der Waals surface area contributed by atoms with E-state index in [2.05, 4.69) is 9.80 Å². The lowest BCUT2D eigenvalue weighted by molar-refractivity contribution is -0.137. The van der Waals surface area contributed by atoms with Crippen molar-refractivity contribution in [1.82, 2.24) is 9.80 Å². The quantitative estimate of drug-likeness (QED) is 0.719. The van der Waals surface area contributed by atoms with E-state index in [4.69, 9.17) is 0 Å². The lowest BCUT2D eigenvalue weighted by atomic mass is 9.93. The van der Waals surface area contributed by atoms with Crippen LogP contribution in [0.5, 0.6) is 0 Å². The molecule has 4 aliphatic heterocycles. The maximum atomic E-state index is 13.1. The first-order valence-electron chi connectivity index (χ1n) is 10.5. The van der Waals surface area contributed by atoms with E-state index in [9.17, 15) is 9.59 Å². The van der Waals surface area contributed by atoms with E-state index in [1.807, 2.05) is 23.5 Å². The van der Waals surface area contributed by atoms with Crippen molar-refractivity contribution >= 4 is 35.3 Å². The third kappa shape index (κ3) is 3.30. The summed E-state index contributed by atoms with van der Waals surface area (Å²) in [5, 5.41) is 0. The summed E-state index contributed by atoms with van der Waals surface area (Å²) in [6.45, 7) is 0. The van der Waals surface area contributed by atoms with Gasteiger partial charge in [-0.1, -0.05) is 0 Å². The Kier molecular flexibility index (Phi) is 4.93. The zero-order valence-electron chi connectivity index (χ0n) is 15.5. The summed E-state index contributed by atoms with van der Waals surface area (Å²) in [5.41, 5.74) is 0. The highest BCUT2D eigenvalue weighted by Crippen LogP contribution is 2.43. The molecule has 144 valence electrons. The van der Waals surface area contributed by atoms with Gasteiger partial charge in [-0.15, -0.1) is 0 Å². The number of carbonyl (C=O) groups is 2. The highest BCUT2D eigenvalue weighted by molar-refractivity contribution is 7.99. The smallest absolute Gasteiger partial charge is 0.223 e. The average molecular weight is 395 g/mol. The van der Waals surface area contributed by atoms with Gasteiger partial charge >= 0.3 is 0 Å². The molecule has 4 saturated heterocycles. The van der Waals surface area contributed by atoms with E-state index in [1.54, 1.807) is 0 Å². The molecular weight excluding hydrogens is 364 g/mol. The molecule has 0 aromatic carbocycles. The first-order valence-corrected chi connectivity index (χ1v) is 12.8. The van der Waals surface area contributed by atoms with Gasteiger partial charge in [0.05, 0.1) is 0 Å². The van der Waals surface area contributed by atoms with Gasteiger partial charge in [0, 0.05) is 60.0 Å². The summed E-state index contributed by atoms with van der Waals surface area (Å²) in [5.74, 6) is 6.07. The van der Waals surface area contributed by atoms with Gasteiger partial charge in [-0.25, -0.2) is 0 Å². The molecule has 0 aromatic heterocycles. The Bertz CT molecular complexity index is 506. The molecule has 5 fully saturated rings. The standard InChI is InChI=1S/C20H30N2O2S2/c23-19(21-15-3-4-16(21)10-25-9-15)7-14(13-1-2-13)8-20(24)22-17-5-6-18(22)12-26-11-17/h13-18H,1-12H2. The average Bonchev–Trinajstić information content (AvgIpc) is 3.40. The molecule has 5 rings (SSSR count). The van der Waals surface area contributed by atoms with Crippen molar-refractivity contribution in [2.45, 2.75) is 75.5 Å². The number of hydrogen-bond donors (Lipinski definition) is 0. The number of fused-ring (bicyclic) bond motifs is 4. The Balaban J connectivity index is 1.23. The molecular formula is C20H30N2O2S2. The Morgan fingerprint density at radius 2 is 1.08 bits per heavy atom. The van der Waals surface area contributed by atoms with Gasteiger partial charge in [0.25, 0.3) is 0 Å². The number of amides is 2. The van der Waals surface area contributed by atoms with E-state index in [1.165, 1.54) is 38.5 Å². The molecule has 4 nitrogen and oxygen atoms in total. The van der Waals surface area contributed by atoms with Crippen LogP contribution in [0, 0.1) is 11.8 Å². The summed E-state index contributed by atoms with van der Waals surface area (Å²) >= 11 is 4.02. The van der Waals surface area contributed by atoms with E-state index >= 15 is 0 Å². The van der Waals surface area contributed by atoms with Crippen LogP contribution in [-0.4, -0.2) is 68.8 Å². The summed E-state index contributed by atoms with van der Waals surface area (Å²) in [6.07, 6.45) is 8.41. The van der Waals surface area contributed by atoms with Gasteiger partial charge in [0.1, 0.15) is 0 Å². The molecule has 0 aromatic rings. The Morgan fingerprint density at radius 1 is 0.692 bits per heavy atom. The Labute approximate surface area is 165 Å². The minimum atomic E-state index is 0.290. The zero-order chi connectivity index (χ0) is 17.7. The molecule has 1 saturated carbocycles. The van der Waals surface area contributed by atoms with Crippen LogP contribution in [0.15, 0.2) is 0 Å². The fraction of sp³-hybridized carbons (Fsp3) is 0.900. The Morgan fingerprint density at radius 3 is 1.42 bits per heavy atom. The summed E-state index contributed by atoms with van der Waals surface area (Å²) < 4.78 is 0. The van der Waals surface area contributed by atoms with Crippen molar-refractivity contribution in [1.29, 1.82) is 0 Å². The van der Waals surface area contributed by atoms with Crippen molar-refractivity contribution < 1.29 is 9.59 Å². The molecule has 4 unspecified atom stereocenters. The lowest BCUT2D eigenvalue weighted by Gasteiger charge is -2.37. The maximum absolute atomic E-state index is 13.1. The predicted octanol–water partition coefficient (Wildman–Crippen LogP) is 3.01. The van der Waals surface area contributed by atoms with Gasteiger partial charge in [-0.05, 0) is 50.4 Å². The van der Waals surface area contributed by atoms with Crippen molar-refractivity contribution in [3.8, 4) is 0 Å². The summed E-state index contributed by atoms with van der Waals surface area (Å²) in [7, 11) is 0. The topological polar surface area (TPSA) is 40.6 Å². The number of nitrogens with zero attached hydrogens (tertiary/aromatic N) is 2. The second-order valence-electron chi connectivity index (χ2n) is 8.95. The largest absolute Gasteiger partial charge is 0.335 e. The summed E-state index contributed by atoms with van der Waals surface area (Å²) in [4.78, 5) is 30.6. The molecule has 0 radical (unpaired) electrons. The minimum absolute atomic E-state index is 0.290. The van der Waals surface area contributed by atoms with Crippen molar-refractivity contribution in [2.75, 3.05) is 23.0 Å². The van der Waals surface area contributed by atoms with E-state index in [0.29, 0.717) is 54.7 Å². The highest BCUT2D eigenvalue weighted by atomic mass is 32.2. The molecule has 1 aliphatic carbocycles. The molecule has 26 heavy (non-hydrogen) atoms. The van der Waals surface area contributed by atoms with Gasteiger partial charge < -0.3 is 9.80 Å². The van der Waals surface area contributed by atoms with Gasteiger partial charge in [0.15, 0.2) is 0 Å². The van der Waals surface area contributed by atoms with Crippen LogP contribution in [0.3, 0.4) is 0 Å². The Hall–Kier alpha value is -0.360. The lowest BCUT2D eigenvalue weighted by Crippen LogP contribution is -2.48. The molecule has 0 spiro atoms. The second-order valence-corrected chi connectivity index (χ2v) is 11.1. The van der Waals surface area contributed by atoms with E-state index in [-0.39, 0.29) is 5.92 Å². The van der Waals surface area contributed by atoms with Crippen molar-refractivity contribution in [3.05, 3.63) is 0 Å². The number of rotatable bonds is 5. The third-order valence-corrected chi connectivity index (χ3v) is 9.70. The van der Waals surface area contributed by atoms with Crippen LogP contribution in [-0.2, 0) is 9.59 Å². The maximum Gasteiger partial charge on any atom is 0.223 e. The second kappa shape index (κ2) is 7.23. The van der Waals surface area contributed by atoms with Crippen LogP contribution >= 0.6 is 23.5 Å². The molecule has 5 aliphatic rings. The van der Waals surface area contributed by atoms with E-state index < -0.39 is 0 Å². The summed E-state index contributed by atoms with van der Waals surface area (Å²) in [6, 6.07) is 1.88. The fourth-order valence-electron chi connectivity index (χ4n) is 5.70. The first-order chi connectivity index (χ1) is 12.7. The highest BCUT2D eigenvalue weighted by Gasteiger charge is 2.44. The molecule has 0 N–H and O–H groups in total. The predicted molar refractivity (Wildman–Crippen MR) is 107 cm³/mol. The monoisotopic (exact) mass is 394 g/mol. The van der Waals surface area contributed by atoms with Crippen LogP contribution in [0.25, 0.3) is 0 Å². The van der Waals surface area contributed by atoms with Crippen LogP contribution < -0.4 is 0 Å². The molecule has 4 heterocycles. The molecule has 2 amide bonds. The SMILES string of the molecule is O=C(CC(CC(=O)N1C2CCC1CSC2)C1CC1)N1C2CCC1CSC2. The first kappa shape index (κ1) is 17.7. The number of thioether (sulfide) groups is 2.